The number of hydrogen-bond donors (Lipinski definition) is 0. The van der Waals surface area contributed by atoms with E-state index < -0.39 is 0 Å². The minimum atomic E-state index is 0.0744. The number of carbonyl (C=O) groups excluding carboxylic acids is 1. The molecule has 0 amide bonds. The van der Waals surface area contributed by atoms with Gasteiger partial charge in [0.05, 0.1) is 5.69 Å². The first-order valence-corrected chi connectivity index (χ1v) is 4.70. The van der Waals surface area contributed by atoms with Crippen LogP contribution in [0, 0.1) is 19.3 Å². The number of Topliss-reactive ketones (excluding diaryl/α,β-unsaturated/α-hetero) is 1. The lowest BCUT2D eigenvalue weighted by atomic mass is 10.1. The Morgan fingerprint density at radius 2 is 2.43 bits per heavy atom. The Morgan fingerprint density at radius 1 is 1.71 bits per heavy atom. The standard InChI is InChI=1S/C11H14N2O/c1-4-6-7-11(14)10-8-9(3)12-13(10)5-2/h1,8H,5-7H2,2-3H3. The van der Waals surface area contributed by atoms with Crippen LogP contribution >= 0.6 is 0 Å². The number of hydrogen-bond acceptors (Lipinski definition) is 2. The molecular formula is C11H14N2O. The minimum Gasteiger partial charge on any atom is -0.292 e. The van der Waals surface area contributed by atoms with E-state index in [4.69, 9.17) is 6.42 Å². The summed E-state index contributed by atoms with van der Waals surface area (Å²) in [4.78, 5) is 11.6. The quantitative estimate of drug-likeness (QED) is 0.536. The fourth-order valence-electron chi connectivity index (χ4n) is 1.32. The molecule has 0 saturated heterocycles. The zero-order valence-corrected chi connectivity index (χ0v) is 8.58. The molecule has 0 fully saturated rings. The van der Waals surface area contributed by atoms with Crippen molar-refractivity contribution in [3.05, 3.63) is 17.5 Å². The molecule has 3 nitrogen and oxygen atoms in total. The number of ketones is 1. The molecule has 1 heterocycles. The normalized spacial score (nSPS) is 9.79. The van der Waals surface area contributed by atoms with E-state index in [-0.39, 0.29) is 5.78 Å². The smallest absolute Gasteiger partial charge is 0.181 e. The number of aryl methyl sites for hydroxylation is 2. The lowest BCUT2D eigenvalue weighted by Gasteiger charge is -2.01. The molecule has 0 atom stereocenters. The summed E-state index contributed by atoms with van der Waals surface area (Å²) >= 11 is 0. The van der Waals surface area contributed by atoms with Crippen LogP contribution in [-0.4, -0.2) is 15.6 Å². The lowest BCUT2D eigenvalue weighted by molar-refractivity contribution is 0.0974. The molecule has 74 valence electrons. The lowest BCUT2D eigenvalue weighted by Crippen LogP contribution is -2.09. The molecule has 1 aromatic rings. The number of carbonyl (C=O) groups is 1. The topological polar surface area (TPSA) is 34.9 Å². The van der Waals surface area contributed by atoms with Crippen molar-refractivity contribution in [2.75, 3.05) is 0 Å². The van der Waals surface area contributed by atoms with Crippen molar-refractivity contribution in [3.63, 3.8) is 0 Å². The van der Waals surface area contributed by atoms with Crippen molar-refractivity contribution < 1.29 is 4.79 Å². The van der Waals surface area contributed by atoms with Crippen LogP contribution in [0.2, 0.25) is 0 Å². The molecule has 14 heavy (non-hydrogen) atoms. The first-order chi connectivity index (χ1) is 6.69. The number of rotatable bonds is 4. The highest BCUT2D eigenvalue weighted by atomic mass is 16.1. The average Bonchev–Trinajstić information content (AvgIpc) is 2.56. The molecule has 0 aliphatic carbocycles. The Balaban J connectivity index is 2.84. The van der Waals surface area contributed by atoms with Crippen LogP contribution in [0.5, 0.6) is 0 Å². The van der Waals surface area contributed by atoms with Gasteiger partial charge in [-0.3, -0.25) is 9.48 Å². The van der Waals surface area contributed by atoms with E-state index in [9.17, 15) is 4.79 Å². The first-order valence-electron chi connectivity index (χ1n) is 4.70. The third-order valence-corrected chi connectivity index (χ3v) is 1.98. The van der Waals surface area contributed by atoms with E-state index >= 15 is 0 Å². The van der Waals surface area contributed by atoms with Gasteiger partial charge in [0.1, 0.15) is 5.69 Å². The van der Waals surface area contributed by atoms with Gasteiger partial charge in [0.2, 0.25) is 0 Å². The molecule has 0 radical (unpaired) electrons. The molecule has 0 saturated carbocycles. The van der Waals surface area contributed by atoms with Crippen molar-refractivity contribution in [2.45, 2.75) is 33.2 Å². The van der Waals surface area contributed by atoms with Gasteiger partial charge < -0.3 is 0 Å². The summed E-state index contributed by atoms with van der Waals surface area (Å²) in [5, 5.41) is 4.20. The predicted octanol–water partition coefficient (Wildman–Crippen LogP) is 1.81. The fourth-order valence-corrected chi connectivity index (χ4v) is 1.32. The summed E-state index contributed by atoms with van der Waals surface area (Å²) in [6, 6.07) is 1.81. The van der Waals surface area contributed by atoms with Crippen LogP contribution < -0.4 is 0 Å². The first kappa shape index (κ1) is 10.5. The van der Waals surface area contributed by atoms with Crippen molar-refractivity contribution in [2.24, 2.45) is 0 Å². The molecule has 0 aliphatic rings. The highest BCUT2D eigenvalue weighted by Gasteiger charge is 2.11. The van der Waals surface area contributed by atoms with Gasteiger partial charge >= 0.3 is 0 Å². The van der Waals surface area contributed by atoms with Crippen LogP contribution in [0.3, 0.4) is 0 Å². The van der Waals surface area contributed by atoms with Gasteiger partial charge in [-0.05, 0) is 19.9 Å². The van der Waals surface area contributed by atoms with E-state index in [0.29, 0.717) is 25.1 Å². The van der Waals surface area contributed by atoms with E-state index in [1.165, 1.54) is 0 Å². The van der Waals surface area contributed by atoms with E-state index in [1.54, 1.807) is 4.68 Å². The highest BCUT2D eigenvalue weighted by Crippen LogP contribution is 2.07. The molecule has 1 rings (SSSR count). The summed E-state index contributed by atoms with van der Waals surface area (Å²) in [6.45, 7) is 4.56. The van der Waals surface area contributed by atoms with Gasteiger partial charge in [-0.25, -0.2) is 0 Å². The van der Waals surface area contributed by atoms with Crippen LogP contribution in [0.15, 0.2) is 6.07 Å². The highest BCUT2D eigenvalue weighted by molar-refractivity contribution is 5.94. The zero-order chi connectivity index (χ0) is 10.6. The van der Waals surface area contributed by atoms with Crippen LogP contribution in [0.1, 0.15) is 35.9 Å². The average molecular weight is 190 g/mol. The molecule has 0 aliphatic heterocycles. The summed E-state index contributed by atoms with van der Waals surface area (Å²) in [5.74, 6) is 2.54. The molecule has 0 N–H and O–H groups in total. The maximum absolute atomic E-state index is 11.6. The second kappa shape index (κ2) is 4.61. The molecule has 0 bridgehead atoms. The second-order valence-electron chi connectivity index (χ2n) is 3.11. The van der Waals surface area contributed by atoms with E-state index in [2.05, 4.69) is 11.0 Å². The molecule has 0 unspecified atom stereocenters. The maximum Gasteiger partial charge on any atom is 0.181 e. The Bertz CT molecular complexity index is 371. The van der Waals surface area contributed by atoms with Gasteiger partial charge in [0.25, 0.3) is 0 Å². The third-order valence-electron chi connectivity index (χ3n) is 1.98. The Morgan fingerprint density at radius 3 is 3.00 bits per heavy atom. The summed E-state index contributed by atoms with van der Waals surface area (Å²) in [5.41, 5.74) is 1.54. The van der Waals surface area contributed by atoms with Gasteiger partial charge in [-0.1, -0.05) is 0 Å². The summed E-state index contributed by atoms with van der Waals surface area (Å²) in [6.07, 6.45) is 6.00. The fraction of sp³-hybridized carbons (Fsp3) is 0.455. The number of aromatic nitrogens is 2. The molecule has 0 aromatic carbocycles. The Kier molecular flexibility index (Phi) is 3.47. The number of terminal acetylenes is 1. The zero-order valence-electron chi connectivity index (χ0n) is 8.58. The van der Waals surface area contributed by atoms with Crippen molar-refractivity contribution >= 4 is 5.78 Å². The maximum atomic E-state index is 11.6. The Labute approximate surface area is 84.1 Å². The van der Waals surface area contributed by atoms with Crippen molar-refractivity contribution in [1.29, 1.82) is 0 Å². The second-order valence-corrected chi connectivity index (χ2v) is 3.11. The molecular weight excluding hydrogens is 176 g/mol. The van der Waals surface area contributed by atoms with Gasteiger partial charge in [0, 0.05) is 19.4 Å². The third kappa shape index (κ3) is 2.23. The van der Waals surface area contributed by atoms with Crippen LogP contribution in [0.25, 0.3) is 0 Å². The monoisotopic (exact) mass is 190 g/mol. The Hall–Kier alpha value is -1.56. The summed E-state index contributed by atoms with van der Waals surface area (Å²) < 4.78 is 1.72. The van der Waals surface area contributed by atoms with Crippen molar-refractivity contribution in [1.82, 2.24) is 9.78 Å². The molecule has 0 spiro atoms. The van der Waals surface area contributed by atoms with E-state index in [1.807, 2.05) is 19.9 Å². The molecule has 3 heteroatoms. The number of nitrogens with zero attached hydrogens (tertiary/aromatic N) is 2. The van der Waals surface area contributed by atoms with Gasteiger partial charge in [0.15, 0.2) is 5.78 Å². The molecule has 1 aromatic heterocycles. The van der Waals surface area contributed by atoms with E-state index in [0.717, 1.165) is 5.69 Å². The predicted molar refractivity (Wildman–Crippen MR) is 55.0 cm³/mol. The SMILES string of the molecule is C#CCCC(=O)c1cc(C)nn1CC. The largest absolute Gasteiger partial charge is 0.292 e. The minimum absolute atomic E-state index is 0.0744. The van der Waals surface area contributed by atoms with Crippen LogP contribution in [0.4, 0.5) is 0 Å². The van der Waals surface area contributed by atoms with Crippen molar-refractivity contribution in [3.8, 4) is 12.3 Å². The van der Waals surface area contributed by atoms with Crippen LogP contribution in [-0.2, 0) is 6.54 Å². The van der Waals surface area contributed by atoms with Gasteiger partial charge in [-0.2, -0.15) is 5.10 Å². The van der Waals surface area contributed by atoms with Gasteiger partial charge in [-0.15, -0.1) is 12.3 Å². The summed E-state index contributed by atoms with van der Waals surface area (Å²) in [7, 11) is 0.